The smallest absolute Gasteiger partial charge is 0.265 e. The van der Waals surface area contributed by atoms with Crippen LogP contribution in [0.3, 0.4) is 0 Å². The van der Waals surface area contributed by atoms with Crippen molar-refractivity contribution in [1.29, 1.82) is 0 Å². The highest BCUT2D eigenvalue weighted by molar-refractivity contribution is 9.10. The zero-order valence-electron chi connectivity index (χ0n) is 11.7. The molecule has 2 aromatic carbocycles. The summed E-state index contributed by atoms with van der Waals surface area (Å²) >= 11 is 9.44. The van der Waals surface area contributed by atoms with E-state index in [0.717, 1.165) is 10.0 Å². The maximum Gasteiger partial charge on any atom is 0.265 e. The average molecular weight is 369 g/mol. The van der Waals surface area contributed by atoms with Crippen LogP contribution in [0.1, 0.15) is 12.5 Å². The molecule has 2 aromatic rings. The number of hydrogen-bond donors (Lipinski definition) is 1. The molecule has 0 aliphatic carbocycles. The molecule has 0 saturated heterocycles. The van der Waals surface area contributed by atoms with E-state index in [1.807, 2.05) is 25.1 Å². The predicted octanol–water partition coefficient (Wildman–Crippen LogP) is 4.82. The highest BCUT2D eigenvalue weighted by atomic mass is 79.9. The zero-order chi connectivity index (χ0) is 15.4. The van der Waals surface area contributed by atoms with Gasteiger partial charge in [0.05, 0.1) is 10.7 Å². The van der Waals surface area contributed by atoms with Crippen molar-refractivity contribution in [3.05, 3.63) is 57.5 Å². The molecule has 0 aliphatic heterocycles. The number of amides is 1. The Morgan fingerprint density at radius 2 is 1.90 bits per heavy atom. The lowest BCUT2D eigenvalue weighted by molar-refractivity contribution is -0.122. The molecule has 5 heteroatoms. The molecule has 0 aromatic heterocycles. The van der Waals surface area contributed by atoms with E-state index in [1.54, 1.807) is 31.2 Å². The summed E-state index contributed by atoms with van der Waals surface area (Å²) in [5.74, 6) is 0.388. The number of carbonyl (C=O) groups excluding carboxylic acids is 1. The maximum atomic E-state index is 12.1. The summed E-state index contributed by atoms with van der Waals surface area (Å²) in [6.45, 7) is 3.64. The summed E-state index contributed by atoms with van der Waals surface area (Å²) in [6.07, 6.45) is -0.622. The predicted molar refractivity (Wildman–Crippen MR) is 89.1 cm³/mol. The van der Waals surface area contributed by atoms with Gasteiger partial charge in [0.15, 0.2) is 6.10 Å². The second kappa shape index (κ2) is 6.96. The Labute approximate surface area is 137 Å². The molecule has 110 valence electrons. The van der Waals surface area contributed by atoms with Gasteiger partial charge in [0.25, 0.3) is 5.91 Å². The van der Waals surface area contributed by atoms with Gasteiger partial charge in [0.2, 0.25) is 0 Å². The van der Waals surface area contributed by atoms with Gasteiger partial charge in [-0.25, -0.2) is 0 Å². The largest absolute Gasteiger partial charge is 0.481 e. The third-order valence-corrected chi connectivity index (χ3v) is 3.72. The van der Waals surface area contributed by atoms with Crippen LogP contribution >= 0.6 is 27.5 Å². The summed E-state index contributed by atoms with van der Waals surface area (Å²) < 4.78 is 6.55. The van der Waals surface area contributed by atoms with Gasteiger partial charge >= 0.3 is 0 Å². The van der Waals surface area contributed by atoms with E-state index in [2.05, 4.69) is 21.2 Å². The van der Waals surface area contributed by atoms with Gasteiger partial charge in [0, 0.05) is 4.47 Å². The molecule has 2 rings (SSSR count). The van der Waals surface area contributed by atoms with Gasteiger partial charge in [0.1, 0.15) is 5.75 Å². The van der Waals surface area contributed by atoms with E-state index in [9.17, 15) is 4.79 Å². The van der Waals surface area contributed by atoms with Crippen molar-refractivity contribution in [3.8, 4) is 5.75 Å². The highest BCUT2D eigenvalue weighted by Gasteiger charge is 2.16. The lowest BCUT2D eigenvalue weighted by Gasteiger charge is -2.15. The molecule has 1 atom stereocenters. The van der Waals surface area contributed by atoms with Crippen molar-refractivity contribution in [2.45, 2.75) is 20.0 Å². The summed E-state index contributed by atoms with van der Waals surface area (Å²) in [4.78, 5) is 12.1. The second-order valence-electron chi connectivity index (χ2n) is 4.69. The molecule has 21 heavy (non-hydrogen) atoms. The summed E-state index contributed by atoms with van der Waals surface area (Å²) in [5, 5.41) is 3.28. The normalized spacial score (nSPS) is 11.8. The molecule has 0 aliphatic rings. The first-order valence-corrected chi connectivity index (χ1v) is 7.62. The van der Waals surface area contributed by atoms with Crippen molar-refractivity contribution in [3.63, 3.8) is 0 Å². The number of nitrogens with one attached hydrogen (secondary N) is 1. The summed E-state index contributed by atoms with van der Waals surface area (Å²) in [5.41, 5.74) is 1.62. The van der Waals surface area contributed by atoms with Crippen LogP contribution in [-0.4, -0.2) is 12.0 Å². The lowest BCUT2D eigenvalue weighted by Crippen LogP contribution is -2.30. The van der Waals surface area contributed by atoms with E-state index in [1.165, 1.54) is 0 Å². The van der Waals surface area contributed by atoms with Crippen LogP contribution in [0.2, 0.25) is 5.02 Å². The van der Waals surface area contributed by atoms with Crippen molar-refractivity contribution in [2.75, 3.05) is 5.32 Å². The van der Waals surface area contributed by atoms with Crippen LogP contribution in [0.25, 0.3) is 0 Å². The van der Waals surface area contributed by atoms with Gasteiger partial charge in [-0.1, -0.05) is 33.6 Å². The summed E-state index contributed by atoms with van der Waals surface area (Å²) in [6, 6.07) is 12.8. The Kier molecular flexibility index (Phi) is 5.26. The Balaban J connectivity index is 2.00. The van der Waals surface area contributed by atoms with Gasteiger partial charge in [-0.15, -0.1) is 0 Å². The fraction of sp³-hybridized carbons (Fsp3) is 0.188. The number of ether oxygens (including phenoxy) is 1. The number of carbonyl (C=O) groups is 1. The van der Waals surface area contributed by atoms with Crippen LogP contribution in [0.4, 0.5) is 5.69 Å². The zero-order valence-corrected chi connectivity index (χ0v) is 14.0. The minimum absolute atomic E-state index is 0.247. The third-order valence-electron chi connectivity index (χ3n) is 2.88. The number of anilines is 1. The van der Waals surface area contributed by atoms with Crippen LogP contribution < -0.4 is 10.1 Å². The molecule has 0 radical (unpaired) electrons. The second-order valence-corrected chi connectivity index (χ2v) is 6.01. The van der Waals surface area contributed by atoms with Crippen molar-refractivity contribution in [1.82, 2.24) is 0 Å². The SMILES string of the molecule is Cc1ccc(NC(=O)C(C)Oc2ccc(Br)cc2)c(Cl)c1. The van der Waals surface area contributed by atoms with Crippen molar-refractivity contribution >= 4 is 39.1 Å². The topological polar surface area (TPSA) is 38.3 Å². The molecule has 0 heterocycles. The number of halogens is 2. The lowest BCUT2D eigenvalue weighted by atomic mass is 10.2. The monoisotopic (exact) mass is 367 g/mol. The first kappa shape index (κ1) is 15.9. The van der Waals surface area contributed by atoms with E-state index in [4.69, 9.17) is 16.3 Å². The molecule has 3 nitrogen and oxygen atoms in total. The average Bonchev–Trinajstić information content (AvgIpc) is 2.44. The highest BCUT2D eigenvalue weighted by Crippen LogP contribution is 2.23. The van der Waals surface area contributed by atoms with Crippen molar-refractivity contribution < 1.29 is 9.53 Å². The number of aryl methyl sites for hydroxylation is 1. The van der Waals surface area contributed by atoms with Gasteiger partial charge in [-0.3, -0.25) is 4.79 Å². The first-order chi connectivity index (χ1) is 9.95. The molecule has 1 amide bonds. The summed E-state index contributed by atoms with van der Waals surface area (Å²) in [7, 11) is 0. The van der Waals surface area contributed by atoms with E-state index in [-0.39, 0.29) is 5.91 Å². The van der Waals surface area contributed by atoms with Gasteiger partial charge < -0.3 is 10.1 Å². The molecular weight excluding hydrogens is 354 g/mol. The maximum absolute atomic E-state index is 12.1. The van der Waals surface area contributed by atoms with Gasteiger partial charge in [-0.2, -0.15) is 0 Å². The molecule has 0 bridgehead atoms. The van der Waals surface area contributed by atoms with Crippen LogP contribution in [0.15, 0.2) is 46.9 Å². The fourth-order valence-electron chi connectivity index (χ4n) is 1.73. The standard InChI is InChI=1S/C16H15BrClNO2/c1-10-3-8-15(14(18)9-10)19-16(20)11(2)21-13-6-4-12(17)5-7-13/h3-9,11H,1-2H3,(H,19,20). The van der Waals surface area contributed by atoms with Crippen LogP contribution in [0.5, 0.6) is 5.75 Å². The number of hydrogen-bond acceptors (Lipinski definition) is 2. The number of benzene rings is 2. The molecule has 0 fully saturated rings. The Morgan fingerprint density at radius 3 is 2.52 bits per heavy atom. The van der Waals surface area contributed by atoms with Gasteiger partial charge in [-0.05, 0) is 55.8 Å². The molecule has 1 N–H and O–H groups in total. The van der Waals surface area contributed by atoms with E-state index >= 15 is 0 Å². The van der Waals surface area contributed by atoms with Crippen LogP contribution in [0, 0.1) is 6.92 Å². The Bertz CT molecular complexity index is 643. The minimum Gasteiger partial charge on any atom is -0.481 e. The van der Waals surface area contributed by atoms with E-state index in [0.29, 0.717) is 16.5 Å². The molecule has 0 saturated carbocycles. The van der Waals surface area contributed by atoms with Crippen molar-refractivity contribution in [2.24, 2.45) is 0 Å². The third kappa shape index (κ3) is 4.48. The Hall–Kier alpha value is -1.52. The fourth-order valence-corrected chi connectivity index (χ4v) is 2.27. The molecule has 1 unspecified atom stereocenters. The quantitative estimate of drug-likeness (QED) is 0.840. The molecular formula is C16H15BrClNO2. The van der Waals surface area contributed by atoms with Crippen LogP contribution in [-0.2, 0) is 4.79 Å². The first-order valence-electron chi connectivity index (χ1n) is 6.45. The molecule has 0 spiro atoms. The number of rotatable bonds is 4. The van der Waals surface area contributed by atoms with E-state index < -0.39 is 6.10 Å². The Morgan fingerprint density at radius 1 is 1.24 bits per heavy atom. The minimum atomic E-state index is -0.622.